The minimum Gasteiger partial charge on any atom is -0.384 e. The lowest BCUT2D eigenvalue weighted by atomic mass is 10.2. The molecule has 0 N–H and O–H groups in total. The van der Waals surface area contributed by atoms with E-state index in [-0.39, 0.29) is 12.6 Å². The van der Waals surface area contributed by atoms with Crippen LogP contribution >= 0.6 is 0 Å². The van der Waals surface area contributed by atoms with Gasteiger partial charge < -0.3 is 4.18 Å². The normalized spacial score (nSPS) is 12.9. The van der Waals surface area contributed by atoms with Gasteiger partial charge >= 0.3 is 16.3 Å². The molecule has 0 aromatic heterocycles. The van der Waals surface area contributed by atoms with E-state index in [0.29, 0.717) is 12.1 Å². The molecule has 17 heavy (non-hydrogen) atoms. The van der Waals surface area contributed by atoms with Crippen LogP contribution in [-0.4, -0.2) is 8.42 Å². The molecule has 0 fully saturated rings. The van der Waals surface area contributed by atoms with Crippen LogP contribution in [0.1, 0.15) is 5.56 Å². The highest BCUT2D eigenvalue weighted by atomic mass is 32.2. The molecule has 0 aliphatic carbocycles. The van der Waals surface area contributed by atoms with Gasteiger partial charge in [-0.3, -0.25) is 0 Å². The van der Waals surface area contributed by atoms with Gasteiger partial charge in [-0.15, -0.1) is 0 Å². The zero-order valence-corrected chi connectivity index (χ0v) is 8.93. The van der Waals surface area contributed by atoms with Crippen molar-refractivity contribution in [3.8, 4) is 0 Å². The van der Waals surface area contributed by atoms with Gasteiger partial charge in [-0.25, -0.2) is 4.39 Å². The van der Waals surface area contributed by atoms with Gasteiger partial charge in [0.25, 0.3) is 0 Å². The third-order valence-electron chi connectivity index (χ3n) is 1.70. The fourth-order valence-corrected chi connectivity index (χ4v) is 1.73. The van der Waals surface area contributed by atoms with Gasteiger partial charge in [-0.2, -0.15) is 21.6 Å². The number of hydrogen-bond acceptors (Lipinski definition) is 3. The molecule has 0 spiro atoms. The third-order valence-corrected chi connectivity index (χ3v) is 2.92. The highest BCUT2D eigenvalue weighted by Gasteiger charge is 2.30. The third kappa shape index (κ3) is 3.45. The fraction of sp³-hybridized carbons (Fsp3) is 0.111. The highest BCUT2D eigenvalue weighted by molar-refractivity contribution is 7.86. The number of hydrogen-bond donors (Lipinski definition) is 0. The Balaban J connectivity index is 3.03. The maximum atomic E-state index is 12.2. The highest BCUT2D eigenvalue weighted by Crippen LogP contribution is 2.29. The number of alkyl halides is 3. The topological polar surface area (TPSA) is 43.4 Å². The number of rotatable bonds is 3. The lowest BCUT2D eigenvalue weighted by molar-refractivity contribution is -0.137. The molecule has 0 heterocycles. The quantitative estimate of drug-likeness (QED) is 0.482. The van der Waals surface area contributed by atoms with E-state index in [0.717, 1.165) is 12.1 Å². The second-order valence-electron chi connectivity index (χ2n) is 2.83. The summed E-state index contributed by atoms with van der Waals surface area (Å²) in [6, 6.07) is 2.64. The maximum Gasteiger partial charge on any atom is 0.416 e. The first-order valence-corrected chi connectivity index (χ1v) is 5.54. The van der Waals surface area contributed by atoms with Crippen LogP contribution in [0.4, 0.5) is 17.6 Å². The monoisotopic (exact) mass is 270 g/mol. The predicted molar refractivity (Wildman–Crippen MR) is 50.0 cm³/mol. The van der Waals surface area contributed by atoms with Crippen molar-refractivity contribution in [2.24, 2.45) is 0 Å². The molecular weight excluding hydrogens is 264 g/mol. The molecular formula is C9H6F4O3S. The largest absolute Gasteiger partial charge is 0.416 e. The minimum absolute atomic E-state index is 0.151. The van der Waals surface area contributed by atoms with E-state index in [9.17, 15) is 26.0 Å². The molecule has 1 aromatic carbocycles. The summed E-state index contributed by atoms with van der Waals surface area (Å²) >= 11 is 0. The SMILES string of the molecule is O=S(=O)(OC=CF)c1ccc(C(F)(F)F)cc1. The summed E-state index contributed by atoms with van der Waals surface area (Å²) in [5.74, 6) is 0. The zero-order chi connectivity index (χ0) is 13.1. The first-order chi connectivity index (χ1) is 7.77. The second kappa shape index (κ2) is 4.74. The Morgan fingerprint density at radius 1 is 1.12 bits per heavy atom. The summed E-state index contributed by atoms with van der Waals surface area (Å²) in [4.78, 5) is -0.497. The van der Waals surface area contributed by atoms with Crippen molar-refractivity contribution < 1.29 is 30.2 Å². The van der Waals surface area contributed by atoms with Crippen LogP contribution in [0.5, 0.6) is 0 Å². The summed E-state index contributed by atoms with van der Waals surface area (Å²) < 4.78 is 74.6. The van der Waals surface area contributed by atoms with Crippen molar-refractivity contribution in [1.82, 2.24) is 0 Å². The number of halogens is 4. The lowest BCUT2D eigenvalue weighted by Crippen LogP contribution is -2.06. The molecule has 0 atom stereocenters. The first kappa shape index (κ1) is 13.5. The summed E-state index contributed by atoms with van der Waals surface area (Å²) in [6.45, 7) is 0. The Hall–Kier alpha value is -1.57. The molecule has 3 nitrogen and oxygen atoms in total. The van der Waals surface area contributed by atoms with Crippen molar-refractivity contribution in [2.45, 2.75) is 11.1 Å². The van der Waals surface area contributed by atoms with Gasteiger partial charge in [-0.05, 0) is 24.3 Å². The molecule has 1 rings (SSSR count). The lowest BCUT2D eigenvalue weighted by Gasteiger charge is -2.07. The van der Waals surface area contributed by atoms with Crippen LogP contribution in [0.3, 0.4) is 0 Å². The van der Waals surface area contributed by atoms with E-state index in [1.54, 1.807) is 0 Å². The van der Waals surface area contributed by atoms with Crippen LogP contribution in [-0.2, 0) is 20.5 Å². The van der Waals surface area contributed by atoms with Gasteiger partial charge in [0, 0.05) is 0 Å². The van der Waals surface area contributed by atoms with Gasteiger partial charge in [0.2, 0.25) is 0 Å². The second-order valence-corrected chi connectivity index (χ2v) is 4.41. The van der Waals surface area contributed by atoms with E-state index < -0.39 is 26.8 Å². The predicted octanol–water partition coefficient (Wildman–Crippen LogP) is 2.85. The molecule has 0 aliphatic rings. The molecule has 94 valence electrons. The van der Waals surface area contributed by atoms with Gasteiger partial charge in [0.15, 0.2) is 0 Å². The maximum absolute atomic E-state index is 12.2. The Morgan fingerprint density at radius 2 is 1.65 bits per heavy atom. The molecule has 8 heteroatoms. The van der Waals surface area contributed by atoms with Crippen LogP contribution < -0.4 is 0 Å². The Morgan fingerprint density at radius 3 is 2.06 bits per heavy atom. The van der Waals surface area contributed by atoms with Crippen LogP contribution in [0, 0.1) is 0 Å². The average molecular weight is 270 g/mol. The Kier molecular flexibility index (Phi) is 3.76. The van der Waals surface area contributed by atoms with E-state index in [1.165, 1.54) is 0 Å². The molecule has 0 amide bonds. The van der Waals surface area contributed by atoms with Gasteiger partial charge in [-0.1, -0.05) is 0 Å². The van der Waals surface area contributed by atoms with Crippen LogP contribution in [0.25, 0.3) is 0 Å². The average Bonchev–Trinajstić information content (AvgIpc) is 2.25. The molecule has 0 saturated heterocycles. The van der Waals surface area contributed by atoms with Crippen LogP contribution in [0.15, 0.2) is 41.8 Å². The smallest absolute Gasteiger partial charge is 0.384 e. The van der Waals surface area contributed by atoms with Crippen LogP contribution in [0.2, 0.25) is 0 Å². The van der Waals surface area contributed by atoms with Crippen molar-refractivity contribution in [1.29, 1.82) is 0 Å². The number of benzene rings is 1. The van der Waals surface area contributed by atoms with E-state index in [1.807, 2.05) is 0 Å². The molecule has 0 bridgehead atoms. The van der Waals surface area contributed by atoms with Crippen molar-refractivity contribution in [3.05, 3.63) is 42.4 Å². The van der Waals surface area contributed by atoms with Gasteiger partial charge in [0.05, 0.1) is 5.56 Å². The van der Waals surface area contributed by atoms with Gasteiger partial charge in [0.1, 0.15) is 17.5 Å². The van der Waals surface area contributed by atoms with Crippen molar-refractivity contribution in [2.75, 3.05) is 0 Å². The molecule has 0 unspecified atom stereocenters. The van der Waals surface area contributed by atoms with Crippen molar-refractivity contribution in [3.63, 3.8) is 0 Å². The minimum atomic E-state index is -4.55. The molecule has 0 aliphatic heterocycles. The molecule has 1 aromatic rings. The molecule has 0 radical (unpaired) electrons. The summed E-state index contributed by atoms with van der Waals surface area (Å²) in [6.07, 6.45) is -4.43. The Bertz CT molecular complexity index is 502. The van der Waals surface area contributed by atoms with Crippen molar-refractivity contribution >= 4 is 10.1 Å². The summed E-state index contributed by atoms with van der Waals surface area (Å²) in [7, 11) is -4.28. The van der Waals surface area contributed by atoms with E-state index >= 15 is 0 Å². The van der Waals surface area contributed by atoms with E-state index in [2.05, 4.69) is 4.18 Å². The fourth-order valence-electron chi connectivity index (χ4n) is 0.960. The molecule has 0 saturated carbocycles. The zero-order valence-electron chi connectivity index (χ0n) is 8.11. The Labute approximate surface area is 94.4 Å². The summed E-state index contributed by atoms with van der Waals surface area (Å²) in [5, 5.41) is 0. The first-order valence-electron chi connectivity index (χ1n) is 4.13. The summed E-state index contributed by atoms with van der Waals surface area (Å²) in [5.41, 5.74) is -0.988. The van der Waals surface area contributed by atoms with E-state index in [4.69, 9.17) is 0 Å². The standard InChI is InChI=1S/C9H6F4O3S/c10-5-6-16-17(14,15)8-3-1-7(2-4-8)9(11,12)13/h1-6H.